The van der Waals surface area contributed by atoms with E-state index in [2.05, 4.69) is 30.7 Å². The Bertz CT molecular complexity index is 246. The fraction of sp³-hybridized carbons (Fsp3) is 0.923. The number of esters is 1. The zero-order valence-electron chi connectivity index (χ0n) is 11.6. The number of hydrogen-bond donors (Lipinski definition) is 0. The number of carbonyl (C=O) groups is 1. The molecule has 0 aromatic rings. The van der Waals surface area contributed by atoms with Gasteiger partial charge in [0.25, 0.3) is 0 Å². The molecule has 1 aliphatic heterocycles. The molecule has 0 aromatic carbocycles. The predicted molar refractivity (Wildman–Crippen MR) is 69.0 cm³/mol. The van der Waals surface area contributed by atoms with Gasteiger partial charge in [-0.1, -0.05) is 6.92 Å². The van der Waals surface area contributed by atoms with E-state index in [1.165, 1.54) is 13.5 Å². The standard InChI is InChI=1S/C13H26N2O2/c1-5-12-10-14(3)7-6-8-15(12)11(2)9-13(16)17-4/h11-12H,5-10H2,1-4H3. The van der Waals surface area contributed by atoms with Crippen molar-refractivity contribution in [2.75, 3.05) is 33.8 Å². The molecule has 4 heteroatoms. The lowest BCUT2D eigenvalue weighted by molar-refractivity contribution is -0.142. The Hall–Kier alpha value is -0.610. The minimum absolute atomic E-state index is 0.107. The molecule has 0 aliphatic carbocycles. The fourth-order valence-corrected chi connectivity index (χ4v) is 2.65. The Kier molecular flexibility index (Phi) is 5.92. The van der Waals surface area contributed by atoms with Gasteiger partial charge in [0.2, 0.25) is 0 Å². The first-order chi connectivity index (χ1) is 8.08. The monoisotopic (exact) mass is 242 g/mol. The lowest BCUT2D eigenvalue weighted by Gasteiger charge is -2.34. The summed E-state index contributed by atoms with van der Waals surface area (Å²) in [7, 11) is 3.64. The van der Waals surface area contributed by atoms with Crippen LogP contribution < -0.4 is 0 Å². The van der Waals surface area contributed by atoms with Crippen molar-refractivity contribution in [1.82, 2.24) is 9.80 Å². The third-order valence-electron chi connectivity index (χ3n) is 3.67. The minimum Gasteiger partial charge on any atom is -0.469 e. The van der Waals surface area contributed by atoms with E-state index in [9.17, 15) is 4.79 Å². The molecular weight excluding hydrogens is 216 g/mol. The zero-order valence-corrected chi connectivity index (χ0v) is 11.6. The summed E-state index contributed by atoms with van der Waals surface area (Å²) in [6, 6.07) is 0.834. The van der Waals surface area contributed by atoms with Crippen molar-refractivity contribution in [2.45, 2.75) is 45.2 Å². The summed E-state index contributed by atoms with van der Waals surface area (Å²) >= 11 is 0. The topological polar surface area (TPSA) is 32.8 Å². The summed E-state index contributed by atoms with van der Waals surface area (Å²) in [6.07, 6.45) is 2.81. The first kappa shape index (κ1) is 14.5. The van der Waals surface area contributed by atoms with Gasteiger partial charge < -0.3 is 9.64 Å². The van der Waals surface area contributed by atoms with Gasteiger partial charge in [-0.25, -0.2) is 0 Å². The molecule has 0 aromatic heterocycles. The van der Waals surface area contributed by atoms with Gasteiger partial charge in [0.15, 0.2) is 0 Å². The molecule has 1 rings (SSSR count). The minimum atomic E-state index is -0.107. The first-order valence-electron chi connectivity index (χ1n) is 6.59. The zero-order chi connectivity index (χ0) is 12.8. The van der Waals surface area contributed by atoms with Crippen LogP contribution in [0, 0.1) is 0 Å². The highest BCUT2D eigenvalue weighted by Gasteiger charge is 2.27. The molecule has 1 saturated heterocycles. The van der Waals surface area contributed by atoms with Crippen LogP contribution in [-0.2, 0) is 9.53 Å². The Labute approximate surface area is 105 Å². The summed E-state index contributed by atoms with van der Waals surface area (Å²) in [5, 5.41) is 0. The second-order valence-electron chi connectivity index (χ2n) is 5.04. The number of hydrogen-bond acceptors (Lipinski definition) is 4. The lowest BCUT2D eigenvalue weighted by Crippen LogP contribution is -2.45. The highest BCUT2D eigenvalue weighted by atomic mass is 16.5. The van der Waals surface area contributed by atoms with Crippen LogP contribution in [0.2, 0.25) is 0 Å². The molecule has 0 amide bonds. The van der Waals surface area contributed by atoms with Crippen LogP contribution >= 0.6 is 0 Å². The van der Waals surface area contributed by atoms with E-state index in [-0.39, 0.29) is 12.0 Å². The van der Waals surface area contributed by atoms with Gasteiger partial charge in [-0.3, -0.25) is 9.69 Å². The average Bonchev–Trinajstić information content (AvgIpc) is 2.50. The molecule has 1 fully saturated rings. The van der Waals surface area contributed by atoms with Crippen LogP contribution in [0.4, 0.5) is 0 Å². The van der Waals surface area contributed by atoms with Crippen molar-refractivity contribution in [3.05, 3.63) is 0 Å². The molecule has 0 N–H and O–H groups in total. The summed E-state index contributed by atoms with van der Waals surface area (Å²) in [5.74, 6) is -0.107. The van der Waals surface area contributed by atoms with Crippen LogP contribution in [0.3, 0.4) is 0 Å². The lowest BCUT2D eigenvalue weighted by atomic mass is 10.1. The van der Waals surface area contributed by atoms with Crippen molar-refractivity contribution >= 4 is 5.97 Å². The molecule has 0 saturated carbocycles. The third-order valence-corrected chi connectivity index (χ3v) is 3.67. The van der Waals surface area contributed by atoms with E-state index in [4.69, 9.17) is 4.74 Å². The molecule has 1 heterocycles. The number of rotatable bonds is 4. The molecule has 0 bridgehead atoms. The first-order valence-corrected chi connectivity index (χ1v) is 6.59. The second-order valence-corrected chi connectivity index (χ2v) is 5.04. The van der Waals surface area contributed by atoms with E-state index in [0.717, 1.165) is 26.1 Å². The molecule has 100 valence electrons. The summed E-state index contributed by atoms with van der Waals surface area (Å²) in [6.45, 7) is 7.69. The fourth-order valence-electron chi connectivity index (χ4n) is 2.65. The largest absolute Gasteiger partial charge is 0.469 e. The molecule has 0 spiro atoms. The van der Waals surface area contributed by atoms with Crippen LogP contribution in [0.25, 0.3) is 0 Å². The average molecular weight is 242 g/mol. The van der Waals surface area contributed by atoms with Gasteiger partial charge in [0, 0.05) is 18.6 Å². The van der Waals surface area contributed by atoms with Crippen LogP contribution in [0.15, 0.2) is 0 Å². The van der Waals surface area contributed by atoms with Gasteiger partial charge in [-0.2, -0.15) is 0 Å². The number of likely N-dealkylation sites (N-methyl/N-ethyl adjacent to an activating group) is 1. The quantitative estimate of drug-likeness (QED) is 0.697. The van der Waals surface area contributed by atoms with Crippen molar-refractivity contribution in [2.24, 2.45) is 0 Å². The molecular formula is C13H26N2O2. The molecule has 2 atom stereocenters. The van der Waals surface area contributed by atoms with Gasteiger partial charge in [0.1, 0.15) is 0 Å². The van der Waals surface area contributed by atoms with Gasteiger partial charge in [-0.05, 0) is 39.9 Å². The Balaban J connectivity index is 2.61. The molecule has 17 heavy (non-hydrogen) atoms. The highest BCUT2D eigenvalue weighted by Crippen LogP contribution is 2.17. The van der Waals surface area contributed by atoms with Crippen LogP contribution in [0.5, 0.6) is 0 Å². The van der Waals surface area contributed by atoms with E-state index in [0.29, 0.717) is 12.5 Å². The Morgan fingerprint density at radius 1 is 1.47 bits per heavy atom. The maximum Gasteiger partial charge on any atom is 0.307 e. The highest BCUT2D eigenvalue weighted by molar-refractivity contribution is 5.69. The number of nitrogens with zero attached hydrogens (tertiary/aromatic N) is 2. The maximum atomic E-state index is 11.4. The van der Waals surface area contributed by atoms with Crippen molar-refractivity contribution in [3.8, 4) is 0 Å². The van der Waals surface area contributed by atoms with Gasteiger partial charge in [-0.15, -0.1) is 0 Å². The Morgan fingerprint density at radius 2 is 2.18 bits per heavy atom. The van der Waals surface area contributed by atoms with Crippen molar-refractivity contribution in [1.29, 1.82) is 0 Å². The van der Waals surface area contributed by atoms with E-state index in [1.807, 2.05) is 0 Å². The maximum absolute atomic E-state index is 11.4. The summed E-state index contributed by atoms with van der Waals surface area (Å²) in [4.78, 5) is 16.2. The van der Waals surface area contributed by atoms with Crippen molar-refractivity contribution in [3.63, 3.8) is 0 Å². The van der Waals surface area contributed by atoms with E-state index >= 15 is 0 Å². The SMILES string of the molecule is CCC1CN(C)CCCN1C(C)CC(=O)OC. The van der Waals surface area contributed by atoms with E-state index < -0.39 is 0 Å². The molecule has 4 nitrogen and oxygen atoms in total. The van der Waals surface area contributed by atoms with E-state index in [1.54, 1.807) is 0 Å². The number of carbonyl (C=O) groups excluding carboxylic acids is 1. The van der Waals surface area contributed by atoms with Gasteiger partial charge in [0.05, 0.1) is 13.5 Å². The molecule has 2 unspecified atom stereocenters. The summed E-state index contributed by atoms with van der Waals surface area (Å²) in [5.41, 5.74) is 0. The molecule has 0 radical (unpaired) electrons. The number of ether oxygens (including phenoxy) is 1. The predicted octanol–water partition coefficient (Wildman–Crippen LogP) is 1.35. The third kappa shape index (κ3) is 4.28. The molecule has 1 aliphatic rings. The smallest absolute Gasteiger partial charge is 0.307 e. The van der Waals surface area contributed by atoms with Gasteiger partial charge >= 0.3 is 5.97 Å². The Morgan fingerprint density at radius 3 is 2.76 bits per heavy atom. The summed E-state index contributed by atoms with van der Waals surface area (Å²) < 4.78 is 4.76. The second kappa shape index (κ2) is 6.97. The van der Waals surface area contributed by atoms with Crippen LogP contribution in [0.1, 0.15) is 33.1 Å². The normalized spacial score (nSPS) is 25.3. The van der Waals surface area contributed by atoms with Crippen molar-refractivity contribution < 1.29 is 9.53 Å². The van der Waals surface area contributed by atoms with Crippen LogP contribution in [-0.4, -0.2) is 61.6 Å². The number of methoxy groups -OCH3 is 1.